The van der Waals surface area contributed by atoms with Gasteiger partial charge in [0.2, 0.25) is 10.0 Å². The van der Waals surface area contributed by atoms with Crippen molar-refractivity contribution >= 4 is 53.2 Å². The van der Waals surface area contributed by atoms with Crippen molar-refractivity contribution in [3.05, 3.63) is 37.3 Å². The van der Waals surface area contributed by atoms with E-state index in [1.54, 1.807) is 0 Å². The minimum absolute atomic E-state index is 0.0924. The largest absolute Gasteiger partial charge is 0.452 e. The molecule has 2 N–H and O–H groups in total. The van der Waals surface area contributed by atoms with E-state index in [0.717, 1.165) is 9.35 Å². The number of furan rings is 1. The minimum atomic E-state index is -3.62. The van der Waals surface area contributed by atoms with Crippen molar-refractivity contribution in [2.24, 2.45) is 5.73 Å². The van der Waals surface area contributed by atoms with Gasteiger partial charge in [0.15, 0.2) is 4.67 Å². The van der Waals surface area contributed by atoms with Gasteiger partial charge < -0.3 is 10.2 Å². The maximum Gasteiger partial charge on any atom is 0.247 e. The molecule has 0 saturated heterocycles. The number of nitrogens with zero attached hydrogens (tertiary/aromatic N) is 1. The lowest BCUT2D eigenvalue weighted by atomic mass is 10.3. The Balaban J connectivity index is 2.26. The van der Waals surface area contributed by atoms with Crippen LogP contribution in [0.1, 0.15) is 11.3 Å². The molecule has 0 atom stereocenters. The fraction of sp³-hybridized carbons (Fsp3) is 0.273. The van der Waals surface area contributed by atoms with Crippen molar-refractivity contribution in [3.8, 4) is 0 Å². The van der Waals surface area contributed by atoms with Crippen molar-refractivity contribution < 1.29 is 12.8 Å². The third-order valence-electron chi connectivity index (χ3n) is 2.62. The summed E-state index contributed by atoms with van der Waals surface area (Å²) in [6, 6.07) is 3.34. The van der Waals surface area contributed by atoms with Crippen LogP contribution in [0.4, 0.5) is 0 Å². The molecule has 0 amide bonds. The molecule has 0 aliphatic carbocycles. The third-order valence-corrected chi connectivity index (χ3v) is 6.84. The van der Waals surface area contributed by atoms with Gasteiger partial charge in [-0.25, -0.2) is 8.42 Å². The van der Waals surface area contributed by atoms with Crippen LogP contribution in [-0.2, 0) is 23.1 Å². The van der Waals surface area contributed by atoms with E-state index in [1.165, 1.54) is 28.8 Å². The van der Waals surface area contributed by atoms with Gasteiger partial charge in [-0.15, -0.1) is 11.3 Å². The summed E-state index contributed by atoms with van der Waals surface area (Å²) in [7, 11) is -2.09. The number of nitrogens with two attached hydrogens (primary N) is 1. The molecule has 0 saturated carbocycles. The van der Waals surface area contributed by atoms with Crippen LogP contribution < -0.4 is 5.73 Å². The number of halogens is 2. The molecule has 0 fully saturated rings. The summed E-state index contributed by atoms with van der Waals surface area (Å²) in [4.78, 5) is 0.0924. The third kappa shape index (κ3) is 3.34. The number of rotatable bonds is 5. The lowest BCUT2D eigenvalue weighted by Gasteiger charge is -2.15. The highest BCUT2D eigenvalue weighted by atomic mass is 79.9. The molecule has 2 rings (SSSR count). The molecule has 0 aromatic carbocycles. The van der Waals surface area contributed by atoms with Crippen LogP contribution in [-0.4, -0.2) is 19.8 Å². The second-order valence-electron chi connectivity index (χ2n) is 4.07. The van der Waals surface area contributed by atoms with Gasteiger partial charge in [-0.05, 0) is 48.9 Å². The molecule has 9 heteroatoms. The molecule has 2 aromatic rings. The van der Waals surface area contributed by atoms with Crippen molar-refractivity contribution in [3.63, 3.8) is 0 Å². The number of hydrogen-bond donors (Lipinski definition) is 1. The Kier molecular flexibility index (Phi) is 5.09. The highest BCUT2D eigenvalue weighted by molar-refractivity contribution is 9.11. The van der Waals surface area contributed by atoms with Gasteiger partial charge in [-0.3, -0.25) is 0 Å². The van der Waals surface area contributed by atoms with E-state index < -0.39 is 10.0 Å². The van der Waals surface area contributed by atoms with Crippen molar-refractivity contribution in [1.29, 1.82) is 0 Å². The Bertz CT molecular complexity index is 709. The van der Waals surface area contributed by atoms with Gasteiger partial charge in [0.1, 0.15) is 10.7 Å². The highest BCUT2D eigenvalue weighted by Crippen LogP contribution is 2.29. The minimum Gasteiger partial charge on any atom is -0.452 e. The average Bonchev–Trinajstić information content (AvgIpc) is 2.95. The second kappa shape index (κ2) is 6.29. The first-order valence-electron chi connectivity index (χ1n) is 5.52. The first kappa shape index (κ1) is 16.2. The SMILES string of the molecule is CN(Cc1csc(Br)c1)S(=O)(=O)c1cc(CN)oc1Br. The molecular weight excluding hydrogens is 432 g/mol. The second-order valence-corrected chi connectivity index (χ2v) is 9.10. The normalized spacial score (nSPS) is 12.2. The topological polar surface area (TPSA) is 76.5 Å². The zero-order valence-electron chi connectivity index (χ0n) is 10.5. The Morgan fingerprint density at radius 1 is 1.40 bits per heavy atom. The molecule has 2 aromatic heterocycles. The predicted octanol–water partition coefficient (Wildman–Crippen LogP) is 3.15. The molecule has 5 nitrogen and oxygen atoms in total. The van der Waals surface area contributed by atoms with Crippen LogP contribution in [0.2, 0.25) is 0 Å². The molecule has 0 unspecified atom stereocenters. The maximum atomic E-state index is 12.5. The summed E-state index contributed by atoms with van der Waals surface area (Å²) in [6.07, 6.45) is 0. The molecule has 0 radical (unpaired) electrons. The molecule has 0 aliphatic rings. The van der Waals surface area contributed by atoms with Crippen LogP contribution in [0.5, 0.6) is 0 Å². The summed E-state index contributed by atoms with van der Waals surface area (Å²) in [5, 5.41) is 1.91. The van der Waals surface area contributed by atoms with E-state index in [1.807, 2.05) is 11.4 Å². The quantitative estimate of drug-likeness (QED) is 0.769. The number of sulfonamides is 1. The van der Waals surface area contributed by atoms with E-state index in [2.05, 4.69) is 31.9 Å². The van der Waals surface area contributed by atoms with E-state index >= 15 is 0 Å². The molecule has 0 spiro atoms. The van der Waals surface area contributed by atoms with Crippen LogP contribution in [0.25, 0.3) is 0 Å². The van der Waals surface area contributed by atoms with E-state index in [-0.39, 0.29) is 16.1 Å². The van der Waals surface area contributed by atoms with Gasteiger partial charge in [-0.1, -0.05) is 0 Å². The lowest BCUT2D eigenvalue weighted by Crippen LogP contribution is -2.26. The van der Waals surface area contributed by atoms with Gasteiger partial charge in [-0.2, -0.15) is 4.31 Å². The van der Waals surface area contributed by atoms with Crippen molar-refractivity contribution in [1.82, 2.24) is 4.31 Å². The monoisotopic (exact) mass is 442 g/mol. The summed E-state index contributed by atoms with van der Waals surface area (Å²) < 4.78 is 32.6. The van der Waals surface area contributed by atoms with Crippen molar-refractivity contribution in [2.45, 2.75) is 18.0 Å². The number of hydrogen-bond acceptors (Lipinski definition) is 5. The first-order valence-corrected chi connectivity index (χ1v) is 9.42. The van der Waals surface area contributed by atoms with Gasteiger partial charge in [0, 0.05) is 19.7 Å². The first-order chi connectivity index (χ1) is 9.34. The van der Waals surface area contributed by atoms with Crippen LogP contribution in [0.15, 0.2) is 35.3 Å². The lowest BCUT2D eigenvalue weighted by molar-refractivity contribution is 0.458. The van der Waals surface area contributed by atoms with Crippen molar-refractivity contribution in [2.75, 3.05) is 7.05 Å². The fourth-order valence-corrected chi connectivity index (χ4v) is 4.93. The Morgan fingerprint density at radius 2 is 2.10 bits per heavy atom. The molecule has 110 valence electrons. The zero-order chi connectivity index (χ0) is 14.9. The molecule has 2 heterocycles. The highest BCUT2D eigenvalue weighted by Gasteiger charge is 2.27. The predicted molar refractivity (Wildman–Crippen MR) is 85.0 cm³/mol. The fourth-order valence-electron chi connectivity index (χ4n) is 1.61. The smallest absolute Gasteiger partial charge is 0.247 e. The summed E-state index contributed by atoms with van der Waals surface area (Å²) in [5.41, 5.74) is 6.37. The van der Waals surface area contributed by atoms with E-state index in [4.69, 9.17) is 10.2 Å². The molecular formula is C11H12Br2N2O3S2. The van der Waals surface area contributed by atoms with Gasteiger partial charge >= 0.3 is 0 Å². The van der Waals surface area contributed by atoms with Crippen LogP contribution >= 0.6 is 43.2 Å². The Morgan fingerprint density at radius 3 is 2.60 bits per heavy atom. The number of thiophene rings is 1. The standard InChI is InChI=1S/C11H12Br2N2O3S2/c1-15(5-7-2-10(12)19-6-7)20(16,17)9-3-8(4-14)18-11(9)13/h2-3,6H,4-5,14H2,1H3. The average molecular weight is 444 g/mol. The van der Waals surface area contributed by atoms with Gasteiger partial charge in [0.25, 0.3) is 0 Å². The van der Waals surface area contributed by atoms with Crippen LogP contribution in [0, 0.1) is 0 Å². The summed E-state index contributed by atoms with van der Waals surface area (Å²) >= 11 is 7.99. The van der Waals surface area contributed by atoms with E-state index in [0.29, 0.717) is 12.3 Å². The van der Waals surface area contributed by atoms with E-state index in [9.17, 15) is 8.42 Å². The summed E-state index contributed by atoms with van der Waals surface area (Å²) in [5.74, 6) is 0.419. The molecule has 20 heavy (non-hydrogen) atoms. The summed E-state index contributed by atoms with van der Waals surface area (Å²) in [6.45, 7) is 0.440. The Hall–Kier alpha value is -0.190. The van der Waals surface area contributed by atoms with Crippen LogP contribution in [0.3, 0.4) is 0 Å². The molecule has 0 bridgehead atoms. The zero-order valence-corrected chi connectivity index (χ0v) is 15.3. The molecule has 0 aliphatic heterocycles. The Labute approximate surface area is 138 Å². The van der Waals surface area contributed by atoms with Gasteiger partial charge in [0.05, 0.1) is 10.3 Å². The maximum absolute atomic E-state index is 12.5.